The van der Waals surface area contributed by atoms with Crippen LogP contribution in [0.5, 0.6) is 0 Å². The molecular weight excluding hydrogens is 364 g/mol. The number of aryl methyl sites for hydroxylation is 4. The summed E-state index contributed by atoms with van der Waals surface area (Å²) in [4.78, 5) is 20.9. The third-order valence-corrected chi connectivity index (χ3v) is 4.52. The molecule has 2 aromatic heterocycles. The van der Waals surface area contributed by atoms with Crippen molar-refractivity contribution in [1.29, 1.82) is 0 Å². The molecular formula is C22H28N6O. The molecule has 0 saturated carbocycles. The third-order valence-electron chi connectivity index (χ3n) is 4.52. The van der Waals surface area contributed by atoms with Crippen molar-refractivity contribution in [3.8, 4) is 5.82 Å². The highest BCUT2D eigenvalue weighted by Gasteiger charge is 2.08. The van der Waals surface area contributed by atoms with Crippen molar-refractivity contribution >= 4 is 11.7 Å². The first-order valence-corrected chi connectivity index (χ1v) is 9.95. The highest BCUT2D eigenvalue weighted by molar-refractivity contribution is 5.75. The number of benzene rings is 1. The molecule has 7 nitrogen and oxygen atoms in total. The van der Waals surface area contributed by atoms with Crippen molar-refractivity contribution in [1.82, 2.24) is 25.1 Å². The number of nitrogens with one attached hydrogen (secondary N) is 2. The molecule has 3 aromatic rings. The largest absolute Gasteiger partial charge is 0.368 e. The number of aromatic nitrogens is 4. The third kappa shape index (κ3) is 6.14. The van der Waals surface area contributed by atoms with Crippen LogP contribution in [0.3, 0.4) is 0 Å². The van der Waals surface area contributed by atoms with Crippen LogP contribution in [0.1, 0.15) is 35.6 Å². The van der Waals surface area contributed by atoms with Crippen LogP contribution in [-0.2, 0) is 11.2 Å². The first-order chi connectivity index (χ1) is 14.0. The summed E-state index contributed by atoms with van der Waals surface area (Å²) in [6.45, 7) is 6.95. The number of carbonyl (C=O) groups is 1. The zero-order valence-corrected chi connectivity index (χ0v) is 17.3. The van der Waals surface area contributed by atoms with Crippen LogP contribution in [0.15, 0.2) is 42.5 Å². The second-order valence-electron chi connectivity index (χ2n) is 7.11. The van der Waals surface area contributed by atoms with Gasteiger partial charge < -0.3 is 10.6 Å². The number of anilines is 1. The van der Waals surface area contributed by atoms with Crippen molar-refractivity contribution in [2.24, 2.45) is 0 Å². The molecule has 2 N–H and O–H groups in total. The molecule has 152 valence electrons. The van der Waals surface area contributed by atoms with Crippen LogP contribution in [0.4, 0.5) is 5.82 Å². The van der Waals surface area contributed by atoms with Crippen molar-refractivity contribution in [2.75, 3.05) is 18.4 Å². The lowest BCUT2D eigenvalue weighted by molar-refractivity contribution is -0.121. The second kappa shape index (κ2) is 9.82. The van der Waals surface area contributed by atoms with E-state index >= 15 is 0 Å². The van der Waals surface area contributed by atoms with E-state index in [0.717, 1.165) is 35.9 Å². The molecule has 3 rings (SSSR count). The number of hydrogen-bond acceptors (Lipinski definition) is 5. The van der Waals surface area contributed by atoms with Gasteiger partial charge in [0.2, 0.25) is 5.91 Å². The maximum Gasteiger partial charge on any atom is 0.220 e. The maximum absolute atomic E-state index is 12.0. The summed E-state index contributed by atoms with van der Waals surface area (Å²) in [5.41, 5.74) is 3.23. The molecule has 1 aromatic carbocycles. The SMILES string of the molecule is Cc1cc(C)n(-c2cc(NCCNC(=O)CCCc3ccccc3)nc(C)n2)n1. The minimum Gasteiger partial charge on any atom is -0.368 e. The quantitative estimate of drug-likeness (QED) is 0.547. The predicted octanol–water partition coefficient (Wildman–Crippen LogP) is 3.14. The van der Waals surface area contributed by atoms with E-state index in [9.17, 15) is 4.79 Å². The maximum atomic E-state index is 12.0. The van der Waals surface area contributed by atoms with E-state index in [-0.39, 0.29) is 5.91 Å². The molecule has 0 fully saturated rings. The Bertz CT molecular complexity index is 951. The molecule has 0 spiro atoms. The van der Waals surface area contributed by atoms with Crippen LogP contribution in [0.2, 0.25) is 0 Å². The molecule has 0 aliphatic heterocycles. The monoisotopic (exact) mass is 392 g/mol. The topological polar surface area (TPSA) is 84.7 Å². The van der Waals surface area contributed by atoms with Gasteiger partial charge in [-0.25, -0.2) is 14.6 Å². The first-order valence-electron chi connectivity index (χ1n) is 9.95. The molecule has 0 aliphatic carbocycles. The average Bonchev–Trinajstić information content (AvgIpc) is 3.04. The van der Waals surface area contributed by atoms with Gasteiger partial charge >= 0.3 is 0 Å². The molecule has 0 atom stereocenters. The molecule has 0 saturated heterocycles. The van der Waals surface area contributed by atoms with E-state index in [4.69, 9.17) is 0 Å². The summed E-state index contributed by atoms with van der Waals surface area (Å²) in [6.07, 6.45) is 2.30. The zero-order chi connectivity index (χ0) is 20.6. The Morgan fingerprint density at radius 3 is 2.55 bits per heavy atom. The molecule has 0 aliphatic rings. The van der Waals surface area contributed by atoms with Crippen molar-refractivity contribution < 1.29 is 4.79 Å². The Labute approximate surface area is 171 Å². The summed E-state index contributed by atoms with van der Waals surface area (Å²) in [7, 11) is 0. The van der Waals surface area contributed by atoms with E-state index < -0.39 is 0 Å². The number of amides is 1. The van der Waals surface area contributed by atoms with E-state index in [2.05, 4.69) is 37.8 Å². The van der Waals surface area contributed by atoms with Crippen LogP contribution in [0, 0.1) is 20.8 Å². The van der Waals surface area contributed by atoms with Gasteiger partial charge in [0.25, 0.3) is 0 Å². The van der Waals surface area contributed by atoms with Crippen LogP contribution < -0.4 is 10.6 Å². The van der Waals surface area contributed by atoms with Gasteiger partial charge in [-0.1, -0.05) is 30.3 Å². The summed E-state index contributed by atoms with van der Waals surface area (Å²) in [6, 6.07) is 14.1. The van der Waals surface area contributed by atoms with E-state index in [1.807, 2.05) is 55.8 Å². The minimum absolute atomic E-state index is 0.0740. The van der Waals surface area contributed by atoms with Crippen molar-refractivity contribution in [2.45, 2.75) is 40.0 Å². The Balaban J connectivity index is 1.43. The molecule has 1 amide bonds. The van der Waals surface area contributed by atoms with Gasteiger partial charge in [-0.2, -0.15) is 5.10 Å². The van der Waals surface area contributed by atoms with Crippen molar-refractivity contribution in [3.05, 3.63) is 65.2 Å². The standard InChI is InChI=1S/C22H28N6O/c1-16-14-17(2)28(27-16)21-15-20(25-18(3)26-21)23-12-13-24-22(29)11-7-10-19-8-5-4-6-9-19/h4-6,8-9,14-15H,7,10-13H2,1-3H3,(H,24,29)(H,23,25,26). The average molecular weight is 393 g/mol. The van der Waals surface area contributed by atoms with Gasteiger partial charge in [0.15, 0.2) is 5.82 Å². The lowest BCUT2D eigenvalue weighted by atomic mass is 10.1. The first kappa shape index (κ1) is 20.5. The van der Waals surface area contributed by atoms with Gasteiger partial charge in [0, 0.05) is 31.3 Å². The Morgan fingerprint density at radius 2 is 1.83 bits per heavy atom. The molecule has 0 bridgehead atoms. The molecule has 0 radical (unpaired) electrons. The molecule has 0 unspecified atom stereocenters. The Kier molecular flexibility index (Phi) is 6.94. The fourth-order valence-corrected chi connectivity index (χ4v) is 3.19. The summed E-state index contributed by atoms with van der Waals surface area (Å²) in [5, 5.41) is 10.7. The lowest BCUT2D eigenvalue weighted by Crippen LogP contribution is -2.28. The van der Waals surface area contributed by atoms with E-state index in [1.165, 1.54) is 5.56 Å². The van der Waals surface area contributed by atoms with Crippen LogP contribution in [-0.4, -0.2) is 38.7 Å². The van der Waals surface area contributed by atoms with E-state index in [0.29, 0.717) is 25.3 Å². The fourth-order valence-electron chi connectivity index (χ4n) is 3.19. The van der Waals surface area contributed by atoms with Crippen LogP contribution in [0.25, 0.3) is 5.82 Å². The Hall–Kier alpha value is -3.22. The van der Waals surface area contributed by atoms with E-state index in [1.54, 1.807) is 0 Å². The fraction of sp³-hybridized carbons (Fsp3) is 0.364. The minimum atomic E-state index is 0.0740. The number of nitrogens with zero attached hydrogens (tertiary/aromatic N) is 4. The summed E-state index contributed by atoms with van der Waals surface area (Å²) in [5.74, 6) is 2.20. The normalized spacial score (nSPS) is 10.7. The number of hydrogen-bond donors (Lipinski definition) is 2. The van der Waals surface area contributed by atoms with Gasteiger partial charge in [-0.05, 0) is 45.2 Å². The highest BCUT2D eigenvalue weighted by Crippen LogP contribution is 2.13. The second-order valence-corrected chi connectivity index (χ2v) is 7.11. The highest BCUT2D eigenvalue weighted by atomic mass is 16.1. The lowest BCUT2D eigenvalue weighted by Gasteiger charge is -2.10. The van der Waals surface area contributed by atoms with Gasteiger partial charge in [-0.15, -0.1) is 0 Å². The molecule has 29 heavy (non-hydrogen) atoms. The Morgan fingerprint density at radius 1 is 1.03 bits per heavy atom. The summed E-state index contributed by atoms with van der Waals surface area (Å²) >= 11 is 0. The molecule has 7 heteroatoms. The number of carbonyl (C=O) groups excluding carboxylic acids is 1. The van der Waals surface area contributed by atoms with Crippen LogP contribution >= 0.6 is 0 Å². The van der Waals surface area contributed by atoms with Gasteiger partial charge in [0.05, 0.1) is 5.69 Å². The van der Waals surface area contributed by atoms with Crippen molar-refractivity contribution in [3.63, 3.8) is 0 Å². The van der Waals surface area contributed by atoms with Gasteiger partial charge in [-0.3, -0.25) is 4.79 Å². The van der Waals surface area contributed by atoms with Gasteiger partial charge in [0.1, 0.15) is 11.6 Å². The zero-order valence-electron chi connectivity index (χ0n) is 17.3. The molecule has 2 heterocycles. The predicted molar refractivity (Wildman–Crippen MR) is 114 cm³/mol. The number of rotatable bonds is 9. The smallest absolute Gasteiger partial charge is 0.220 e. The summed E-state index contributed by atoms with van der Waals surface area (Å²) < 4.78 is 1.81.